The van der Waals surface area contributed by atoms with Gasteiger partial charge in [0.2, 0.25) is 0 Å². The monoisotopic (exact) mass is 150 g/mol. The van der Waals surface area contributed by atoms with Crippen molar-refractivity contribution >= 4 is 24.7 Å². The third-order valence-corrected chi connectivity index (χ3v) is 1.47. The van der Waals surface area contributed by atoms with Gasteiger partial charge in [0.05, 0.1) is 4.92 Å². The van der Waals surface area contributed by atoms with Gasteiger partial charge in [-0.2, -0.15) is 0 Å². The van der Waals surface area contributed by atoms with Crippen LogP contribution in [0.3, 0.4) is 0 Å². The number of nitrogens with two attached hydrogens (primary N) is 1. The Kier molecular flexibility index (Phi) is 1.80. The number of nitro benzene ring substituents is 1. The molecule has 4 nitrogen and oxygen atoms in total. The number of nitro groups is 1. The maximum absolute atomic E-state index is 10.2. The van der Waals surface area contributed by atoms with E-state index in [0.29, 0.717) is 5.69 Å². The average molecular weight is 150 g/mol. The minimum absolute atomic E-state index is 0.0353. The molecule has 0 aliphatic heterocycles. The Bertz CT molecular complexity index is 301. The predicted molar refractivity (Wildman–Crippen MR) is 45.7 cm³/mol. The molecule has 0 heterocycles. The Hall–Kier alpha value is -1.52. The highest BCUT2D eigenvalue weighted by Crippen LogP contribution is 2.11. The third-order valence-electron chi connectivity index (χ3n) is 1.47. The van der Waals surface area contributed by atoms with Crippen LogP contribution in [0.4, 0.5) is 11.4 Å². The SMILES string of the molecule is Bc1ccc([N+](=O)[O-])cc1N. The van der Waals surface area contributed by atoms with Crippen molar-refractivity contribution in [2.75, 3.05) is 5.73 Å². The highest BCUT2D eigenvalue weighted by atomic mass is 16.6. The van der Waals surface area contributed by atoms with Gasteiger partial charge in [-0.05, 0) is 0 Å². The lowest BCUT2D eigenvalue weighted by Crippen LogP contribution is -2.09. The molecule has 1 rings (SSSR count). The van der Waals surface area contributed by atoms with Crippen LogP contribution in [0.5, 0.6) is 0 Å². The van der Waals surface area contributed by atoms with Crippen molar-refractivity contribution in [2.45, 2.75) is 0 Å². The number of rotatable bonds is 1. The second kappa shape index (κ2) is 2.61. The van der Waals surface area contributed by atoms with E-state index in [9.17, 15) is 10.1 Å². The molecule has 2 N–H and O–H groups in total. The highest BCUT2D eigenvalue weighted by Gasteiger charge is 2.04. The van der Waals surface area contributed by atoms with E-state index >= 15 is 0 Å². The zero-order chi connectivity index (χ0) is 8.43. The largest absolute Gasteiger partial charge is 0.399 e. The molecule has 0 fully saturated rings. The summed E-state index contributed by atoms with van der Waals surface area (Å²) in [5.41, 5.74) is 6.80. The number of nitrogen functional groups attached to an aromatic ring is 1. The molecule has 11 heavy (non-hydrogen) atoms. The van der Waals surface area contributed by atoms with Gasteiger partial charge in [-0.15, -0.1) is 0 Å². The van der Waals surface area contributed by atoms with Gasteiger partial charge in [-0.1, -0.05) is 11.5 Å². The summed E-state index contributed by atoms with van der Waals surface area (Å²) in [6.07, 6.45) is 0. The molecule has 0 aliphatic rings. The van der Waals surface area contributed by atoms with Gasteiger partial charge >= 0.3 is 0 Å². The molecule has 1 aromatic carbocycles. The lowest BCUT2D eigenvalue weighted by molar-refractivity contribution is -0.384. The third kappa shape index (κ3) is 1.49. The van der Waals surface area contributed by atoms with Gasteiger partial charge in [0.1, 0.15) is 7.85 Å². The Labute approximate surface area is 64.6 Å². The standard InChI is InChI=1S/C6H7BN2O2/c7-5-2-1-4(9(10)11)3-6(5)8/h1-3H,7-8H2. The van der Waals surface area contributed by atoms with Crippen LogP contribution in [0.25, 0.3) is 0 Å². The Balaban J connectivity index is 3.15. The van der Waals surface area contributed by atoms with Crippen LogP contribution in [0.15, 0.2) is 18.2 Å². The van der Waals surface area contributed by atoms with Gasteiger partial charge in [-0.25, -0.2) is 0 Å². The molecule has 0 aliphatic carbocycles. The molecule has 56 valence electrons. The van der Waals surface area contributed by atoms with Crippen molar-refractivity contribution in [2.24, 2.45) is 0 Å². The Morgan fingerprint density at radius 3 is 2.64 bits per heavy atom. The van der Waals surface area contributed by atoms with E-state index in [0.717, 1.165) is 5.46 Å². The van der Waals surface area contributed by atoms with Gasteiger partial charge in [0, 0.05) is 17.8 Å². The number of benzene rings is 1. The quantitative estimate of drug-likeness (QED) is 0.252. The van der Waals surface area contributed by atoms with Crippen molar-refractivity contribution in [3.8, 4) is 0 Å². The molecule has 0 unspecified atom stereocenters. The molecular formula is C6H7BN2O2. The zero-order valence-corrected chi connectivity index (χ0v) is 6.07. The number of hydrogen-bond acceptors (Lipinski definition) is 3. The molecule has 0 saturated heterocycles. The van der Waals surface area contributed by atoms with Gasteiger partial charge in [-0.3, -0.25) is 10.1 Å². The van der Waals surface area contributed by atoms with E-state index in [1.165, 1.54) is 12.1 Å². The number of hydrogen-bond donors (Lipinski definition) is 1. The first-order valence-corrected chi connectivity index (χ1v) is 3.12. The van der Waals surface area contributed by atoms with E-state index in [2.05, 4.69) is 0 Å². The molecule has 5 heteroatoms. The minimum Gasteiger partial charge on any atom is -0.399 e. The first kappa shape index (κ1) is 7.59. The topological polar surface area (TPSA) is 69.2 Å². The van der Waals surface area contributed by atoms with Crippen molar-refractivity contribution < 1.29 is 4.92 Å². The van der Waals surface area contributed by atoms with Crippen LogP contribution in [0.1, 0.15) is 0 Å². The summed E-state index contributed by atoms with van der Waals surface area (Å²) < 4.78 is 0. The predicted octanol–water partition coefficient (Wildman–Crippen LogP) is -0.565. The van der Waals surface area contributed by atoms with E-state index in [4.69, 9.17) is 5.73 Å². The molecule has 0 aromatic heterocycles. The Morgan fingerprint density at radius 1 is 1.55 bits per heavy atom. The summed E-state index contributed by atoms with van der Waals surface area (Å²) in [4.78, 5) is 9.75. The fraction of sp³-hybridized carbons (Fsp3) is 0. The van der Waals surface area contributed by atoms with Crippen LogP contribution < -0.4 is 11.2 Å². The first-order chi connectivity index (χ1) is 5.11. The smallest absolute Gasteiger partial charge is 0.271 e. The van der Waals surface area contributed by atoms with Crippen molar-refractivity contribution in [3.63, 3.8) is 0 Å². The number of nitrogens with zero attached hydrogens (tertiary/aromatic N) is 1. The Morgan fingerprint density at radius 2 is 2.18 bits per heavy atom. The summed E-state index contributed by atoms with van der Waals surface area (Å²) in [7, 11) is 1.80. The van der Waals surface area contributed by atoms with E-state index < -0.39 is 4.92 Å². The second-order valence-corrected chi connectivity index (χ2v) is 2.30. The van der Waals surface area contributed by atoms with Crippen molar-refractivity contribution in [1.82, 2.24) is 0 Å². The van der Waals surface area contributed by atoms with Gasteiger partial charge in [0.15, 0.2) is 0 Å². The minimum atomic E-state index is -0.462. The lowest BCUT2D eigenvalue weighted by Gasteiger charge is -1.97. The molecule has 1 aromatic rings. The summed E-state index contributed by atoms with van der Waals surface area (Å²) >= 11 is 0. The summed E-state index contributed by atoms with van der Waals surface area (Å²) in [6.45, 7) is 0. The zero-order valence-electron chi connectivity index (χ0n) is 6.07. The van der Waals surface area contributed by atoms with E-state index in [-0.39, 0.29) is 5.69 Å². The van der Waals surface area contributed by atoms with Crippen LogP contribution in [-0.2, 0) is 0 Å². The van der Waals surface area contributed by atoms with E-state index in [1.54, 1.807) is 13.9 Å². The first-order valence-electron chi connectivity index (χ1n) is 3.12. The van der Waals surface area contributed by atoms with Crippen molar-refractivity contribution in [1.29, 1.82) is 0 Å². The molecule has 0 amide bonds. The molecule has 0 radical (unpaired) electrons. The normalized spacial score (nSPS) is 9.45. The second-order valence-electron chi connectivity index (χ2n) is 2.30. The molecular weight excluding hydrogens is 143 g/mol. The summed E-state index contributed by atoms with van der Waals surface area (Å²) in [5.74, 6) is 0. The number of non-ortho nitro benzene ring substituents is 1. The fourth-order valence-electron chi connectivity index (χ4n) is 0.741. The molecule has 0 bridgehead atoms. The maximum atomic E-state index is 10.2. The lowest BCUT2D eigenvalue weighted by atomic mass is 9.94. The van der Waals surface area contributed by atoms with Crippen molar-refractivity contribution in [3.05, 3.63) is 28.3 Å². The maximum Gasteiger partial charge on any atom is 0.271 e. The highest BCUT2D eigenvalue weighted by molar-refractivity contribution is 6.35. The van der Waals surface area contributed by atoms with Crippen LogP contribution >= 0.6 is 0 Å². The molecule has 0 spiro atoms. The summed E-state index contributed by atoms with van der Waals surface area (Å²) in [6, 6.07) is 4.43. The van der Waals surface area contributed by atoms with Gasteiger partial charge in [0.25, 0.3) is 5.69 Å². The summed E-state index contributed by atoms with van der Waals surface area (Å²) in [5, 5.41) is 10.2. The van der Waals surface area contributed by atoms with Crippen LogP contribution in [0.2, 0.25) is 0 Å². The van der Waals surface area contributed by atoms with Crippen LogP contribution in [-0.4, -0.2) is 12.8 Å². The van der Waals surface area contributed by atoms with E-state index in [1.807, 2.05) is 0 Å². The van der Waals surface area contributed by atoms with Crippen LogP contribution in [0, 0.1) is 10.1 Å². The fourth-order valence-corrected chi connectivity index (χ4v) is 0.741. The van der Waals surface area contributed by atoms with Gasteiger partial charge < -0.3 is 5.73 Å². The molecule has 0 atom stereocenters. The average Bonchev–Trinajstić information content (AvgIpc) is 1.94. The molecule has 0 saturated carbocycles. The number of anilines is 1.